The Kier molecular flexibility index (Phi) is 5.37. The van der Waals surface area contributed by atoms with Gasteiger partial charge in [-0.05, 0) is 49.2 Å². The van der Waals surface area contributed by atoms with Crippen LogP contribution in [0, 0.1) is 6.92 Å². The summed E-state index contributed by atoms with van der Waals surface area (Å²) in [5, 5.41) is 7.55. The lowest BCUT2D eigenvalue weighted by Crippen LogP contribution is -2.28. The summed E-state index contributed by atoms with van der Waals surface area (Å²) in [6, 6.07) is 19.3. The molecule has 0 fully saturated rings. The third-order valence-electron chi connectivity index (χ3n) is 4.35. The van der Waals surface area contributed by atoms with Gasteiger partial charge in [0, 0.05) is 5.69 Å². The van der Waals surface area contributed by atoms with Crippen molar-refractivity contribution in [3.05, 3.63) is 77.6 Å². The molecule has 0 radical (unpaired) electrons. The van der Waals surface area contributed by atoms with Gasteiger partial charge in [-0.3, -0.25) is 4.79 Å². The fourth-order valence-electron chi connectivity index (χ4n) is 2.91. The molecule has 2 aromatic carbocycles. The number of para-hydroxylation sites is 1. The predicted octanol–water partition coefficient (Wildman–Crippen LogP) is 4.07. The van der Waals surface area contributed by atoms with Gasteiger partial charge in [0.25, 0.3) is 5.91 Å². The third-order valence-corrected chi connectivity index (χ3v) is 4.35. The average Bonchev–Trinajstić information content (AvgIpc) is 3.08. The van der Waals surface area contributed by atoms with Gasteiger partial charge in [0.15, 0.2) is 5.69 Å². The molecule has 1 unspecified atom stereocenters. The maximum Gasteiger partial charge on any atom is 0.272 e. The Morgan fingerprint density at radius 3 is 2.46 bits per heavy atom. The SMILES string of the molecule is CCC(NC(=O)c1cc(C)n(-c2ccccc2)n1)c1ccc(OC)cc1. The van der Waals surface area contributed by atoms with Crippen molar-refractivity contribution < 1.29 is 9.53 Å². The van der Waals surface area contributed by atoms with Crippen molar-refractivity contribution in [1.82, 2.24) is 15.1 Å². The predicted molar refractivity (Wildman–Crippen MR) is 102 cm³/mol. The van der Waals surface area contributed by atoms with Gasteiger partial charge in [-0.1, -0.05) is 37.3 Å². The van der Waals surface area contributed by atoms with Crippen LogP contribution >= 0.6 is 0 Å². The first kappa shape index (κ1) is 17.7. The minimum atomic E-state index is -0.176. The van der Waals surface area contributed by atoms with E-state index in [2.05, 4.69) is 10.4 Å². The number of carbonyl (C=O) groups excluding carboxylic acids is 1. The number of rotatable bonds is 6. The molecule has 1 atom stereocenters. The second-order valence-electron chi connectivity index (χ2n) is 6.13. The lowest BCUT2D eigenvalue weighted by atomic mass is 10.0. The highest BCUT2D eigenvalue weighted by atomic mass is 16.5. The second kappa shape index (κ2) is 7.87. The van der Waals surface area contributed by atoms with E-state index in [1.165, 1.54) is 0 Å². The second-order valence-corrected chi connectivity index (χ2v) is 6.13. The number of carbonyl (C=O) groups is 1. The number of hydrogen-bond donors (Lipinski definition) is 1. The molecule has 0 bridgehead atoms. The van der Waals surface area contributed by atoms with Crippen LogP contribution in [0.25, 0.3) is 5.69 Å². The number of hydrogen-bond acceptors (Lipinski definition) is 3. The van der Waals surface area contributed by atoms with Crippen molar-refractivity contribution in [3.63, 3.8) is 0 Å². The molecule has 0 spiro atoms. The largest absolute Gasteiger partial charge is 0.497 e. The van der Waals surface area contributed by atoms with Crippen LogP contribution in [0.3, 0.4) is 0 Å². The van der Waals surface area contributed by atoms with E-state index in [1.54, 1.807) is 11.8 Å². The Labute approximate surface area is 153 Å². The van der Waals surface area contributed by atoms with Gasteiger partial charge in [-0.25, -0.2) is 4.68 Å². The Morgan fingerprint density at radius 1 is 1.15 bits per heavy atom. The van der Waals surface area contributed by atoms with Crippen molar-refractivity contribution >= 4 is 5.91 Å². The van der Waals surface area contributed by atoms with Crippen LogP contribution in [-0.4, -0.2) is 22.8 Å². The average molecular weight is 349 g/mol. The molecule has 3 aromatic rings. The number of nitrogens with zero attached hydrogens (tertiary/aromatic N) is 2. The van der Waals surface area contributed by atoms with Crippen LogP contribution in [0.5, 0.6) is 5.75 Å². The highest BCUT2D eigenvalue weighted by Crippen LogP contribution is 2.21. The molecule has 1 aromatic heterocycles. The van der Waals surface area contributed by atoms with Crippen LogP contribution in [0.2, 0.25) is 0 Å². The van der Waals surface area contributed by atoms with Gasteiger partial charge >= 0.3 is 0 Å². The van der Waals surface area contributed by atoms with Crippen LogP contribution in [-0.2, 0) is 0 Å². The van der Waals surface area contributed by atoms with Gasteiger partial charge in [-0.15, -0.1) is 0 Å². The molecule has 1 amide bonds. The third kappa shape index (κ3) is 3.77. The number of nitrogens with one attached hydrogen (secondary N) is 1. The highest BCUT2D eigenvalue weighted by molar-refractivity contribution is 5.92. The van der Waals surface area contributed by atoms with E-state index in [4.69, 9.17) is 4.74 Å². The zero-order valence-electron chi connectivity index (χ0n) is 15.3. The molecule has 3 rings (SSSR count). The first-order valence-corrected chi connectivity index (χ1v) is 8.69. The monoisotopic (exact) mass is 349 g/mol. The highest BCUT2D eigenvalue weighted by Gasteiger charge is 2.18. The number of amides is 1. The van der Waals surface area contributed by atoms with E-state index < -0.39 is 0 Å². The Morgan fingerprint density at radius 2 is 1.85 bits per heavy atom. The van der Waals surface area contributed by atoms with E-state index in [-0.39, 0.29) is 11.9 Å². The zero-order valence-corrected chi connectivity index (χ0v) is 15.3. The Bertz CT molecular complexity index is 870. The molecule has 1 N–H and O–H groups in total. The molecular formula is C21H23N3O2. The Hall–Kier alpha value is -3.08. The van der Waals surface area contributed by atoms with E-state index in [9.17, 15) is 4.79 Å². The molecular weight excluding hydrogens is 326 g/mol. The van der Waals surface area contributed by atoms with Gasteiger partial charge in [0.05, 0.1) is 18.8 Å². The first-order valence-electron chi connectivity index (χ1n) is 8.69. The Balaban J connectivity index is 1.78. The number of aromatic nitrogens is 2. The van der Waals surface area contributed by atoms with Gasteiger partial charge in [0.1, 0.15) is 5.75 Å². The summed E-state index contributed by atoms with van der Waals surface area (Å²) in [4.78, 5) is 12.7. The number of aryl methyl sites for hydroxylation is 1. The van der Waals surface area contributed by atoms with E-state index >= 15 is 0 Å². The normalized spacial score (nSPS) is 11.8. The fraction of sp³-hybridized carbons (Fsp3) is 0.238. The van der Waals surface area contributed by atoms with Gasteiger partial charge in [0.2, 0.25) is 0 Å². The summed E-state index contributed by atoms with van der Waals surface area (Å²) in [6.45, 7) is 3.99. The van der Waals surface area contributed by atoms with E-state index in [0.29, 0.717) is 5.69 Å². The molecule has 5 nitrogen and oxygen atoms in total. The lowest BCUT2D eigenvalue weighted by Gasteiger charge is -2.17. The minimum Gasteiger partial charge on any atom is -0.497 e. The van der Waals surface area contributed by atoms with Crippen molar-refractivity contribution in [2.45, 2.75) is 26.3 Å². The quantitative estimate of drug-likeness (QED) is 0.730. The molecule has 5 heteroatoms. The maximum atomic E-state index is 12.7. The summed E-state index contributed by atoms with van der Waals surface area (Å²) < 4.78 is 6.97. The minimum absolute atomic E-state index is 0.0735. The summed E-state index contributed by atoms with van der Waals surface area (Å²) >= 11 is 0. The number of ether oxygens (including phenoxy) is 1. The summed E-state index contributed by atoms with van der Waals surface area (Å²) in [5.41, 5.74) is 3.31. The molecule has 0 aliphatic rings. The number of methoxy groups -OCH3 is 1. The smallest absolute Gasteiger partial charge is 0.272 e. The van der Waals surface area contributed by atoms with E-state index in [1.807, 2.05) is 74.5 Å². The van der Waals surface area contributed by atoms with Crippen LogP contribution in [0.1, 0.15) is 41.1 Å². The summed E-state index contributed by atoms with van der Waals surface area (Å²) in [7, 11) is 1.64. The topological polar surface area (TPSA) is 56.2 Å². The van der Waals surface area contributed by atoms with Crippen molar-refractivity contribution in [3.8, 4) is 11.4 Å². The zero-order chi connectivity index (χ0) is 18.5. The summed E-state index contributed by atoms with van der Waals surface area (Å²) in [6.07, 6.45) is 0.788. The maximum absolute atomic E-state index is 12.7. The molecule has 26 heavy (non-hydrogen) atoms. The molecule has 0 aliphatic carbocycles. The molecule has 0 saturated heterocycles. The number of benzene rings is 2. The standard InChI is InChI=1S/C21H23N3O2/c1-4-19(16-10-12-18(26-3)13-11-16)22-21(25)20-14-15(2)24(23-20)17-8-6-5-7-9-17/h5-14,19H,4H2,1-3H3,(H,22,25). The van der Waals surface area contributed by atoms with Crippen molar-refractivity contribution in [2.75, 3.05) is 7.11 Å². The van der Waals surface area contributed by atoms with Crippen LogP contribution < -0.4 is 10.1 Å². The molecule has 0 aliphatic heterocycles. The first-order chi connectivity index (χ1) is 12.6. The van der Waals surface area contributed by atoms with Crippen LogP contribution in [0.4, 0.5) is 0 Å². The fourth-order valence-corrected chi connectivity index (χ4v) is 2.91. The van der Waals surface area contributed by atoms with Gasteiger partial charge in [-0.2, -0.15) is 5.10 Å². The lowest BCUT2D eigenvalue weighted by molar-refractivity contribution is 0.0930. The van der Waals surface area contributed by atoms with Gasteiger partial charge < -0.3 is 10.1 Å². The van der Waals surface area contributed by atoms with Crippen molar-refractivity contribution in [2.24, 2.45) is 0 Å². The van der Waals surface area contributed by atoms with Crippen molar-refractivity contribution in [1.29, 1.82) is 0 Å². The molecule has 1 heterocycles. The molecule has 0 saturated carbocycles. The summed E-state index contributed by atoms with van der Waals surface area (Å²) in [5.74, 6) is 0.623. The molecule has 134 valence electrons. The van der Waals surface area contributed by atoms with Crippen LogP contribution in [0.15, 0.2) is 60.7 Å². The van der Waals surface area contributed by atoms with E-state index in [0.717, 1.165) is 29.1 Å².